The van der Waals surface area contributed by atoms with Crippen LogP contribution in [0.1, 0.15) is 39.2 Å². The van der Waals surface area contributed by atoms with E-state index in [1.54, 1.807) is 0 Å². The maximum Gasteiger partial charge on any atom is 0.182 e. The summed E-state index contributed by atoms with van der Waals surface area (Å²) >= 11 is 3.42. The maximum absolute atomic E-state index is 5.98. The molecule has 1 aromatic carbocycles. The van der Waals surface area contributed by atoms with Crippen LogP contribution < -0.4 is 5.73 Å². The number of rotatable bonds is 2. The van der Waals surface area contributed by atoms with E-state index in [1.807, 2.05) is 22.9 Å². The minimum absolute atomic E-state index is 0.371. The molecule has 0 saturated heterocycles. The third-order valence-corrected chi connectivity index (χ3v) is 5.17. The molecule has 5 nitrogen and oxygen atoms in total. The third kappa shape index (κ3) is 2.81. The molecule has 6 heteroatoms. The number of nitrogen functional groups attached to an aromatic ring is 1. The van der Waals surface area contributed by atoms with Crippen molar-refractivity contribution in [1.82, 2.24) is 20.2 Å². The van der Waals surface area contributed by atoms with Crippen LogP contribution in [0.3, 0.4) is 0 Å². The summed E-state index contributed by atoms with van der Waals surface area (Å²) in [5.41, 5.74) is 7.64. The normalized spacial score (nSPS) is 26.0. The van der Waals surface area contributed by atoms with Gasteiger partial charge in [-0.05, 0) is 75.7 Å². The first-order valence-corrected chi connectivity index (χ1v) is 8.19. The zero-order valence-electron chi connectivity index (χ0n) is 12.3. The highest BCUT2D eigenvalue weighted by molar-refractivity contribution is 9.10. The lowest BCUT2D eigenvalue weighted by Crippen LogP contribution is -2.26. The lowest BCUT2D eigenvalue weighted by molar-refractivity contribution is 0.194. The maximum atomic E-state index is 5.98. The lowest BCUT2D eigenvalue weighted by atomic mass is 9.80. The molecular formula is C15H20BrN5. The van der Waals surface area contributed by atoms with Crippen LogP contribution in [0.25, 0.3) is 11.4 Å². The molecule has 1 saturated carbocycles. The van der Waals surface area contributed by atoms with E-state index in [0.29, 0.717) is 17.6 Å². The molecule has 1 fully saturated rings. The molecule has 0 bridgehead atoms. The van der Waals surface area contributed by atoms with Crippen LogP contribution in [-0.2, 0) is 0 Å². The molecule has 1 aliphatic rings. The molecule has 0 aliphatic heterocycles. The fourth-order valence-corrected chi connectivity index (χ4v) is 3.55. The Morgan fingerprint density at radius 1 is 1.29 bits per heavy atom. The Hall–Kier alpha value is -1.43. The summed E-state index contributed by atoms with van der Waals surface area (Å²) in [5.74, 6) is 2.18. The largest absolute Gasteiger partial charge is 0.398 e. The van der Waals surface area contributed by atoms with Crippen molar-refractivity contribution >= 4 is 21.6 Å². The summed E-state index contributed by atoms with van der Waals surface area (Å²) in [6, 6.07) is 6.23. The number of hydrogen-bond acceptors (Lipinski definition) is 4. The van der Waals surface area contributed by atoms with Crippen molar-refractivity contribution in [2.45, 2.75) is 39.2 Å². The fourth-order valence-electron chi connectivity index (χ4n) is 3.30. The van der Waals surface area contributed by atoms with E-state index in [9.17, 15) is 0 Å². The van der Waals surface area contributed by atoms with Gasteiger partial charge in [-0.15, -0.1) is 5.10 Å². The van der Waals surface area contributed by atoms with E-state index in [-0.39, 0.29) is 0 Å². The molecule has 1 heterocycles. The van der Waals surface area contributed by atoms with E-state index < -0.39 is 0 Å². The zero-order chi connectivity index (χ0) is 15.0. The summed E-state index contributed by atoms with van der Waals surface area (Å²) in [4.78, 5) is 0. The van der Waals surface area contributed by atoms with Gasteiger partial charge in [-0.2, -0.15) is 0 Å². The molecule has 3 rings (SSSR count). The van der Waals surface area contributed by atoms with Crippen molar-refractivity contribution < 1.29 is 0 Å². The molecule has 0 amide bonds. The Balaban J connectivity index is 1.95. The van der Waals surface area contributed by atoms with Gasteiger partial charge < -0.3 is 5.73 Å². The molecule has 0 radical (unpaired) electrons. The van der Waals surface area contributed by atoms with Crippen molar-refractivity contribution in [3.8, 4) is 11.4 Å². The summed E-state index contributed by atoms with van der Waals surface area (Å²) in [5, 5.41) is 12.4. The molecule has 0 spiro atoms. The van der Waals surface area contributed by atoms with E-state index >= 15 is 0 Å². The van der Waals surface area contributed by atoms with Crippen molar-refractivity contribution in [2.75, 3.05) is 5.73 Å². The molecule has 1 aliphatic carbocycles. The Labute approximate surface area is 133 Å². The van der Waals surface area contributed by atoms with Crippen LogP contribution in [-0.4, -0.2) is 20.2 Å². The van der Waals surface area contributed by atoms with Gasteiger partial charge in [0.05, 0.1) is 6.04 Å². The first-order valence-electron chi connectivity index (χ1n) is 7.39. The highest BCUT2D eigenvalue weighted by Crippen LogP contribution is 2.38. The average Bonchev–Trinajstić information content (AvgIpc) is 2.91. The van der Waals surface area contributed by atoms with Crippen molar-refractivity contribution in [1.29, 1.82) is 0 Å². The Bertz CT molecular complexity index is 639. The second kappa shape index (κ2) is 5.75. The minimum atomic E-state index is 0.371. The van der Waals surface area contributed by atoms with Crippen LogP contribution in [0.5, 0.6) is 0 Å². The SMILES string of the molecule is CC1CCC(n2nnnc2-c2ccc(Br)c(N)c2)C(C)C1. The summed E-state index contributed by atoms with van der Waals surface area (Å²) < 4.78 is 2.88. The predicted octanol–water partition coefficient (Wildman–Crippen LogP) is 3.68. The first kappa shape index (κ1) is 14.5. The van der Waals surface area contributed by atoms with Crippen molar-refractivity contribution in [3.05, 3.63) is 22.7 Å². The smallest absolute Gasteiger partial charge is 0.182 e. The highest BCUT2D eigenvalue weighted by Gasteiger charge is 2.29. The van der Waals surface area contributed by atoms with Gasteiger partial charge in [-0.1, -0.05) is 13.8 Å². The molecule has 3 unspecified atom stereocenters. The molecule has 2 N–H and O–H groups in total. The number of nitrogens with zero attached hydrogens (tertiary/aromatic N) is 4. The number of halogens is 1. The summed E-state index contributed by atoms with van der Waals surface area (Å²) in [6.45, 7) is 4.62. The van der Waals surface area contributed by atoms with E-state index in [1.165, 1.54) is 12.8 Å². The summed E-state index contributed by atoms with van der Waals surface area (Å²) in [7, 11) is 0. The van der Waals surface area contributed by atoms with Gasteiger partial charge in [0.2, 0.25) is 0 Å². The first-order chi connectivity index (χ1) is 10.1. The zero-order valence-corrected chi connectivity index (χ0v) is 13.9. The minimum Gasteiger partial charge on any atom is -0.398 e. The molecule has 1 aromatic heterocycles. The van der Waals surface area contributed by atoms with Gasteiger partial charge in [0.15, 0.2) is 5.82 Å². The predicted molar refractivity (Wildman–Crippen MR) is 86.6 cm³/mol. The van der Waals surface area contributed by atoms with Crippen LogP contribution in [0, 0.1) is 11.8 Å². The number of benzene rings is 1. The number of anilines is 1. The number of tetrazole rings is 1. The van der Waals surface area contributed by atoms with Gasteiger partial charge in [-0.3, -0.25) is 0 Å². The Morgan fingerprint density at radius 3 is 2.81 bits per heavy atom. The van der Waals surface area contributed by atoms with Gasteiger partial charge in [0.1, 0.15) is 0 Å². The topological polar surface area (TPSA) is 69.6 Å². The van der Waals surface area contributed by atoms with Crippen molar-refractivity contribution in [2.24, 2.45) is 11.8 Å². The standard InChI is InChI=1S/C15H20BrN5/c1-9-3-6-14(10(2)7-9)21-15(18-19-20-21)11-4-5-12(16)13(17)8-11/h4-5,8-10,14H,3,6-7,17H2,1-2H3. The quantitative estimate of drug-likeness (QED) is 0.839. The average molecular weight is 350 g/mol. The van der Waals surface area contributed by atoms with E-state index in [0.717, 1.165) is 28.2 Å². The number of nitrogens with two attached hydrogens (primary N) is 1. The monoisotopic (exact) mass is 349 g/mol. The lowest BCUT2D eigenvalue weighted by Gasteiger charge is -2.32. The van der Waals surface area contributed by atoms with Gasteiger partial charge >= 0.3 is 0 Å². The van der Waals surface area contributed by atoms with Crippen LogP contribution >= 0.6 is 15.9 Å². The van der Waals surface area contributed by atoms with Crippen LogP contribution in [0.15, 0.2) is 22.7 Å². The molecule has 3 atom stereocenters. The number of hydrogen-bond donors (Lipinski definition) is 1. The highest BCUT2D eigenvalue weighted by atomic mass is 79.9. The second-order valence-corrected chi connectivity index (χ2v) is 7.00. The van der Waals surface area contributed by atoms with Gasteiger partial charge in [0.25, 0.3) is 0 Å². The fraction of sp³-hybridized carbons (Fsp3) is 0.533. The Kier molecular flexibility index (Phi) is 3.97. The van der Waals surface area contributed by atoms with Gasteiger partial charge in [-0.25, -0.2) is 4.68 Å². The van der Waals surface area contributed by atoms with E-state index in [2.05, 4.69) is 45.3 Å². The van der Waals surface area contributed by atoms with Crippen molar-refractivity contribution in [3.63, 3.8) is 0 Å². The number of aromatic nitrogens is 4. The molecule has 2 aromatic rings. The molecule has 21 heavy (non-hydrogen) atoms. The second-order valence-electron chi connectivity index (χ2n) is 6.15. The molecular weight excluding hydrogens is 330 g/mol. The van der Waals surface area contributed by atoms with Crippen LogP contribution in [0.2, 0.25) is 0 Å². The van der Waals surface area contributed by atoms with E-state index in [4.69, 9.17) is 5.73 Å². The van der Waals surface area contributed by atoms with Gasteiger partial charge in [0, 0.05) is 15.7 Å². The molecule has 112 valence electrons. The van der Waals surface area contributed by atoms with Crippen LogP contribution in [0.4, 0.5) is 5.69 Å². The third-order valence-electron chi connectivity index (χ3n) is 4.45. The Morgan fingerprint density at radius 2 is 2.10 bits per heavy atom. The summed E-state index contributed by atoms with van der Waals surface area (Å²) in [6.07, 6.45) is 3.59.